The minimum atomic E-state index is -0.120. The van der Waals surface area contributed by atoms with Gasteiger partial charge in [-0.25, -0.2) is 9.97 Å². The van der Waals surface area contributed by atoms with Gasteiger partial charge in [-0.3, -0.25) is 4.79 Å². The highest BCUT2D eigenvalue weighted by Gasteiger charge is 2.23. The van der Waals surface area contributed by atoms with Crippen LogP contribution in [0.1, 0.15) is 44.3 Å². The van der Waals surface area contributed by atoms with Gasteiger partial charge in [0, 0.05) is 24.1 Å². The molecular weight excluding hydrogens is 412 g/mol. The Kier molecular flexibility index (Phi) is 5.64. The van der Waals surface area contributed by atoms with Crippen molar-refractivity contribution in [2.24, 2.45) is 5.92 Å². The number of hydrogen-bond acceptors (Lipinski definition) is 4. The molecule has 1 saturated carbocycles. The number of aryl methyl sites for hydroxylation is 1. The van der Waals surface area contributed by atoms with Crippen molar-refractivity contribution in [2.45, 2.75) is 51.0 Å². The molecule has 0 atom stereocenters. The van der Waals surface area contributed by atoms with Crippen molar-refractivity contribution in [1.82, 2.24) is 19.9 Å². The molecule has 160 valence electrons. The van der Waals surface area contributed by atoms with Crippen molar-refractivity contribution in [2.75, 3.05) is 0 Å². The van der Waals surface area contributed by atoms with Crippen molar-refractivity contribution in [3.05, 3.63) is 63.8 Å². The SMILES string of the molecule is O=c1cc(OC2CCC(CCCc3nc4ncc(Cl)cc4[nH]3)CC2)c2ccccc2[nH]1. The molecule has 1 aromatic carbocycles. The summed E-state index contributed by atoms with van der Waals surface area (Å²) in [6.45, 7) is 0. The van der Waals surface area contributed by atoms with E-state index in [1.54, 1.807) is 12.3 Å². The fourth-order valence-corrected chi connectivity index (χ4v) is 4.75. The molecule has 0 radical (unpaired) electrons. The van der Waals surface area contributed by atoms with E-state index in [0.717, 1.165) is 66.4 Å². The molecule has 0 spiro atoms. The number of para-hydroxylation sites is 1. The highest BCUT2D eigenvalue weighted by atomic mass is 35.5. The number of H-pyrrole nitrogens is 2. The van der Waals surface area contributed by atoms with Crippen molar-refractivity contribution in [1.29, 1.82) is 0 Å². The van der Waals surface area contributed by atoms with Gasteiger partial charge < -0.3 is 14.7 Å². The number of pyridine rings is 2. The monoisotopic (exact) mass is 436 g/mol. The minimum absolute atomic E-state index is 0.120. The average Bonchev–Trinajstić information content (AvgIpc) is 3.16. The number of benzene rings is 1. The molecule has 0 bridgehead atoms. The summed E-state index contributed by atoms with van der Waals surface area (Å²) in [6, 6.07) is 11.2. The standard InChI is InChI=1S/C24H25ClN4O2/c25-16-12-20-24(26-14-16)29-22(27-20)7-3-4-15-8-10-17(11-9-15)31-21-13-23(30)28-19-6-2-1-5-18(19)21/h1-2,5-6,12-15,17H,3-4,7-11H2,(H,28,30)(H,26,27,29). The number of nitrogens with zero attached hydrogens (tertiary/aromatic N) is 2. The summed E-state index contributed by atoms with van der Waals surface area (Å²) in [7, 11) is 0. The number of halogens is 1. The summed E-state index contributed by atoms with van der Waals surface area (Å²) in [5.74, 6) is 2.39. The minimum Gasteiger partial charge on any atom is -0.490 e. The predicted molar refractivity (Wildman–Crippen MR) is 123 cm³/mol. The highest BCUT2D eigenvalue weighted by molar-refractivity contribution is 6.31. The summed E-state index contributed by atoms with van der Waals surface area (Å²) in [5.41, 5.74) is 2.32. The zero-order valence-electron chi connectivity index (χ0n) is 17.2. The zero-order valence-corrected chi connectivity index (χ0v) is 18.0. The molecular formula is C24H25ClN4O2. The molecule has 1 aliphatic carbocycles. The number of aromatic amines is 2. The van der Waals surface area contributed by atoms with Gasteiger partial charge in [-0.1, -0.05) is 30.2 Å². The molecule has 1 fully saturated rings. The van der Waals surface area contributed by atoms with E-state index in [-0.39, 0.29) is 11.7 Å². The van der Waals surface area contributed by atoms with Crippen LogP contribution in [0.2, 0.25) is 5.02 Å². The maximum atomic E-state index is 12.0. The molecule has 31 heavy (non-hydrogen) atoms. The lowest BCUT2D eigenvalue weighted by Gasteiger charge is -2.29. The van der Waals surface area contributed by atoms with Crippen LogP contribution in [0.3, 0.4) is 0 Å². The van der Waals surface area contributed by atoms with Crippen LogP contribution < -0.4 is 10.3 Å². The van der Waals surface area contributed by atoms with Crippen molar-refractivity contribution < 1.29 is 4.74 Å². The molecule has 0 amide bonds. The summed E-state index contributed by atoms with van der Waals surface area (Å²) in [4.78, 5) is 27.0. The molecule has 3 aromatic heterocycles. The Balaban J connectivity index is 1.13. The van der Waals surface area contributed by atoms with E-state index in [9.17, 15) is 4.79 Å². The van der Waals surface area contributed by atoms with E-state index in [1.165, 1.54) is 6.42 Å². The molecule has 3 heterocycles. The molecule has 0 saturated heterocycles. The quantitative estimate of drug-likeness (QED) is 0.423. The Morgan fingerprint density at radius 2 is 1.90 bits per heavy atom. The van der Waals surface area contributed by atoms with Gasteiger partial charge in [0.05, 0.1) is 22.2 Å². The first-order valence-corrected chi connectivity index (χ1v) is 11.3. The third-order valence-electron chi connectivity index (χ3n) is 6.18. The first-order valence-electron chi connectivity index (χ1n) is 10.9. The molecule has 5 rings (SSSR count). The number of rotatable bonds is 6. The Morgan fingerprint density at radius 3 is 2.77 bits per heavy atom. The molecule has 1 aliphatic rings. The number of ether oxygens (including phenoxy) is 1. The molecule has 0 unspecified atom stereocenters. The van der Waals surface area contributed by atoms with E-state index in [0.29, 0.717) is 16.7 Å². The first-order chi connectivity index (χ1) is 15.1. The maximum Gasteiger partial charge on any atom is 0.252 e. The lowest BCUT2D eigenvalue weighted by atomic mass is 9.84. The van der Waals surface area contributed by atoms with Crippen LogP contribution in [0.25, 0.3) is 22.1 Å². The van der Waals surface area contributed by atoms with Crippen LogP contribution in [0.4, 0.5) is 0 Å². The smallest absolute Gasteiger partial charge is 0.252 e. The second-order valence-corrected chi connectivity index (χ2v) is 8.84. The lowest BCUT2D eigenvalue weighted by Crippen LogP contribution is -2.25. The molecule has 4 aromatic rings. The Bertz CT molecular complexity index is 1260. The number of aromatic nitrogens is 4. The highest BCUT2D eigenvalue weighted by Crippen LogP contribution is 2.32. The van der Waals surface area contributed by atoms with Gasteiger partial charge in [-0.2, -0.15) is 0 Å². The van der Waals surface area contributed by atoms with E-state index >= 15 is 0 Å². The third-order valence-corrected chi connectivity index (χ3v) is 6.39. The number of nitrogens with one attached hydrogen (secondary N) is 2. The Hall–Kier alpha value is -2.86. The van der Waals surface area contributed by atoms with Crippen molar-refractivity contribution in [3.8, 4) is 5.75 Å². The molecule has 7 heteroatoms. The van der Waals surface area contributed by atoms with E-state index in [2.05, 4.69) is 19.9 Å². The first kappa shape index (κ1) is 20.1. The summed E-state index contributed by atoms with van der Waals surface area (Å²) in [6.07, 6.45) is 9.37. The van der Waals surface area contributed by atoms with E-state index in [4.69, 9.17) is 16.3 Å². The summed E-state index contributed by atoms with van der Waals surface area (Å²) >= 11 is 6.00. The second-order valence-electron chi connectivity index (χ2n) is 8.40. The van der Waals surface area contributed by atoms with Crippen molar-refractivity contribution in [3.63, 3.8) is 0 Å². The van der Waals surface area contributed by atoms with Crippen molar-refractivity contribution >= 4 is 33.7 Å². The zero-order chi connectivity index (χ0) is 21.2. The average molecular weight is 437 g/mol. The van der Waals surface area contributed by atoms with E-state index in [1.807, 2.05) is 30.3 Å². The summed E-state index contributed by atoms with van der Waals surface area (Å²) < 4.78 is 6.26. The topological polar surface area (TPSA) is 83.7 Å². The maximum absolute atomic E-state index is 12.0. The summed E-state index contributed by atoms with van der Waals surface area (Å²) in [5, 5.41) is 1.58. The second kappa shape index (κ2) is 8.71. The molecule has 2 N–H and O–H groups in total. The van der Waals surface area contributed by atoms with Gasteiger partial charge in [0.1, 0.15) is 11.6 Å². The number of fused-ring (bicyclic) bond motifs is 2. The Labute approximate surface area is 185 Å². The van der Waals surface area contributed by atoms with Gasteiger partial charge in [-0.05, 0) is 56.2 Å². The molecule has 6 nitrogen and oxygen atoms in total. The van der Waals surface area contributed by atoms with Crippen LogP contribution in [0.15, 0.2) is 47.4 Å². The van der Waals surface area contributed by atoms with Crippen LogP contribution in [-0.2, 0) is 6.42 Å². The lowest BCUT2D eigenvalue weighted by molar-refractivity contribution is 0.129. The van der Waals surface area contributed by atoms with Gasteiger partial charge in [0.2, 0.25) is 0 Å². The number of imidazole rings is 1. The van der Waals surface area contributed by atoms with Gasteiger partial charge in [0.25, 0.3) is 5.56 Å². The van der Waals surface area contributed by atoms with Gasteiger partial charge in [-0.15, -0.1) is 0 Å². The molecule has 0 aliphatic heterocycles. The number of hydrogen-bond donors (Lipinski definition) is 2. The van der Waals surface area contributed by atoms with Crippen LogP contribution in [-0.4, -0.2) is 26.0 Å². The van der Waals surface area contributed by atoms with Crippen LogP contribution >= 0.6 is 11.6 Å². The van der Waals surface area contributed by atoms with Crippen LogP contribution in [0.5, 0.6) is 5.75 Å². The largest absolute Gasteiger partial charge is 0.490 e. The third kappa shape index (κ3) is 4.59. The van der Waals surface area contributed by atoms with Crippen LogP contribution in [0, 0.1) is 5.92 Å². The Morgan fingerprint density at radius 1 is 1.06 bits per heavy atom. The normalized spacial score (nSPS) is 19.1. The predicted octanol–water partition coefficient (Wildman–Crippen LogP) is 5.41. The fraction of sp³-hybridized carbons (Fsp3) is 0.375. The van der Waals surface area contributed by atoms with E-state index < -0.39 is 0 Å². The van der Waals surface area contributed by atoms with Gasteiger partial charge in [0.15, 0.2) is 5.65 Å². The van der Waals surface area contributed by atoms with Gasteiger partial charge >= 0.3 is 0 Å². The fourth-order valence-electron chi connectivity index (χ4n) is 4.59.